The van der Waals surface area contributed by atoms with Crippen LogP contribution < -0.4 is 0 Å². The maximum Gasteiger partial charge on any atom is 0.309 e. The Morgan fingerprint density at radius 1 is 1.35 bits per heavy atom. The predicted molar refractivity (Wildman–Crippen MR) is 99.5 cm³/mol. The maximum absolute atomic E-state index is 13.6. The zero-order chi connectivity index (χ0) is 19.3. The molecular weight excluding hydrogens is 333 g/mol. The van der Waals surface area contributed by atoms with Gasteiger partial charge in [0.15, 0.2) is 5.78 Å². The molecule has 0 radical (unpaired) electrons. The number of Topliss-reactive ketones (excluding diaryl/α,β-unsaturated/α-hetero) is 1. The highest BCUT2D eigenvalue weighted by molar-refractivity contribution is 5.98. The molecule has 1 aromatic carbocycles. The molecule has 2 aliphatic rings. The van der Waals surface area contributed by atoms with E-state index in [2.05, 4.69) is 11.5 Å². The Hall–Kier alpha value is -2.01. The van der Waals surface area contributed by atoms with Crippen molar-refractivity contribution in [3.05, 3.63) is 47.8 Å². The van der Waals surface area contributed by atoms with Crippen LogP contribution >= 0.6 is 0 Å². The molecule has 2 aliphatic heterocycles. The van der Waals surface area contributed by atoms with Gasteiger partial charge in [0.25, 0.3) is 0 Å². The summed E-state index contributed by atoms with van der Waals surface area (Å²) in [6.07, 6.45) is 4.58. The molecule has 142 valence electrons. The number of halogens is 1. The number of benzene rings is 1. The lowest BCUT2D eigenvalue weighted by atomic mass is 9.96. The SMILES string of the molecule is C=CC1c2ccc(F)cc2C(=O)C[C@@H]2CCCC(C(=O)OC)CN12.CC. The molecule has 4 nitrogen and oxygen atoms in total. The van der Waals surface area contributed by atoms with Gasteiger partial charge in [0, 0.05) is 24.6 Å². The summed E-state index contributed by atoms with van der Waals surface area (Å²) in [6, 6.07) is 4.18. The van der Waals surface area contributed by atoms with Crippen LogP contribution in [0.1, 0.15) is 61.5 Å². The molecule has 0 aromatic heterocycles. The van der Waals surface area contributed by atoms with E-state index in [9.17, 15) is 14.0 Å². The lowest BCUT2D eigenvalue weighted by molar-refractivity contribution is -0.146. The Morgan fingerprint density at radius 2 is 2.08 bits per heavy atom. The van der Waals surface area contributed by atoms with E-state index in [1.54, 1.807) is 12.1 Å². The molecule has 2 heterocycles. The Balaban J connectivity index is 0.00000117. The molecule has 0 N–H and O–H groups in total. The van der Waals surface area contributed by atoms with Gasteiger partial charge in [-0.05, 0) is 30.5 Å². The summed E-state index contributed by atoms with van der Waals surface area (Å²) < 4.78 is 18.6. The number of rotatable bonds is 2. The number of carbonyl (C=O) groups excluding carboxylic acids is 2. The van der Waals surface area contributed by atoms with Crippen molar-refractivity contribution in [3.63, 3.8) is 0 Å². The van der Waals surface area contributed by atoms with Crippen molar-refractivity contribution in [3.8, 4) is 0 Å². The van der Waals surface area contributed by atoms with Gasteiger partial charge in [-0.15, -0.1) is 6.58 Å². The van der Waals surface area contributed by atoms with Crippen LogP contribution in [-0.2, 0) is 9.53 Å². The van der Waals surface area contributed by atoms with Crippen molar-refractivity contribution in [1.29, 1.82) is 0 Å². The maximum atomic E-state index is 13.6. The van der Waals surface area contributed by atoms with E-state index in [1.165, 1.54) is 19.2 Å². The number of carbonyl (C=O) groups is 2. The summed E-state index contributed by atoms with van der Waals surface area (Å²) >= 11 is 0. The summed E-state index contributed by atoms with van der Waals surface area (Å²) in [5, 5.41) is 0. The third-order valence-electron chi connectivity index (χ3n) is 5.16. The highest BCUT2D eigenvalue weighted by Gasteiger charge is 2.38. The number of ketones is 1. The van der Waals surface area contributed by atoms with Gasteiger partial charge in [-0.25, -0.2) is 4.39 Å². The van der Waals surface area contributed by atoms with Crippen LogP contribution in [0.5, 0.6) is 0 Å². The number of esters is 1. The zero-order valence-corrected chi connectivity index (χ0v) is 15.8. The minimum atomic E-state index is -0.408. The zero-order valence-electron chi connectivity index (χ0n) is 15.8. The Bertz CT molecular complexity index is 673. The smallest absolute Gasteiger partial charge is 0.309 e. The molecule has 0 saturated carbocycles. The molecule has 0 bridgehead atoms. The lowest BCUT2D eigenvalue weighted by Crippen LogP contribution is -2.40. The number of fused-ring (bicyclic) bond motifs is 2. The first-order valence-electron chi connectivity index (χ1n) is 9.34. The quantitative estimate of drug-likeness (QED) is 0.582. The second-order valence-corrected chi connectivity index (χ2v) is 6.54. The third-order valence-corrected chi connectivity index (χ3v) is 5.16. The van der Waals surface area contributed by atoms with E-state index in [-0.39, 0.29) is 29.8 Å². The molecule has 1 fully saturated rings. The summed E-state index contributed by atoms with van der Waals surface area (Å²) in [7, 11) is 1.40. The minimum absolute atomic E-state index is 0.0330. The predicted octanol–water partition coefficient (Wildman–Crippen LogP) is 4.31. The van der Waals surface area contributed by atoms with E-state index >= 15 is 0 Å². The molecule has 3 atom stereocenters. The van der Waals surface area contributed by atoms with Crippen molar-refractivity contribution < 1.29 is 18.7 Å². The van der Waals surface area contributed by atoms with Crippen LogP contribution in [0.3, 0.4) is 0 Å². The van der Waals surface area contributed by atoms with E-state index in [0.29, 0.717) is 18.5 Å². The van der Waals surface area contributed by atoms with E-state index in [0.717, 1.165) is 24.8 Å². The number of nitrogens with zero attached hydrogens (tertiary/aromatic N) is 1. The van der Waals surface area contributed by atoms with Crippen LogP contribution in [0.25, 0.3) is 0 Å². The van der Waals surface area contributed by atoms with Crippen LogP contribution in [-0.4, -0.2) is 36.3 Å². The van der Waals surface area contributed by atoms with Gasteiger partial charge in [0.2, 0.25) is 0 Å². The number of hydrogen-bond donors (Lipinski definition) is 0. The average Bonchev–Trinajstić information content (AvgIpc) is 2.92. The first-order chi connectivity index (χ1) is 12.5. The van der Waals surface area contributed by atoms with Crippen LogP contribution in [0.15, 0.2) is 30.9 Å². The summed E-state index contributed by atoms with van der Waals surface area (Å²) in [5.41, 5.74) is 1.20. The second kappa shape index (κ2) is 9.08. The van der Waals surface area contributed by atoms with E-state index < -0.39 is 5.82 Å². The van der Waals surface area contributed by atoms with E-state index in [1.807, 2.05) is 13.8 Å². The van der Waals surface area contributed by atoms with Gasteiger partial charge in [0.05, 0.1) is 19.1 Å². The fourth-order valence-electron chi connectivity index (χ4n) is 3.97. The molecule has 3 rings (SSSR count). The molecule has 1 saturated heterocycles. The number of hydrogen-bond acceptors (Lipinski definition) is 4. The van der Waals surface area contributed by atoms with Gasteiger partial charge >= 0.3 is 5.97 Å². The molecule has 26 heavy (non-hydrogen) atoms. The first kappa shape index (κ1) is 20.3. The first-order valence-corrected chi connectivity index (χ1v) is 9.34. The molecule has 0 aliphatic carbocycles. The molecule has 0 spiro atoms. The van der Waals surface area contributed by atoms with Crippen molar-refractivity contribution in [2.75, 3.05) is 13.7 Å². The van der Waals surface area contributed by atoms with Crippen LogP contribution in [0, 0.1) is 11.7 Å². The number of ether oxygens (including phenoxy) is 1. The van der Waals surface area contributed by atoms with Crippen molar-refractivity contribution in [2.45, 2.75) is 51.6 Å². The third kappa shape index (κ3) is 4.04. The average molecular weight is 361 g/mol. The monoisotopic (exact) mass is 361 g/mol. The normalized spacial score (nSPS) is 25.5. The molecule has 5 heteroatoms. The summed E-state index contributed by atoms with van der Waals surface area (Å²) in [4.78, 5) is 26.8. The van der Waals surface area contributed by atoms with Crippen molar-refractivity contribution in [2.24, 2.45) is 5.92 Å². The topological polar surface area (TPSA) is 46.6 Å². The molecular formula is C21H28FNO3. The highest BCUT2D eigenvalue weighted by Crippen LogP contribution is 2.37. The van der Waals surface area contributed by atoms with Gasteiger partial charge in [-0.1, -0.05) is 32.4 Å². The molecule has 2 unspecified atom stereocenters. The fraction of sp³-hybridized carbons (Fsp3) is 0.524. The van der Waals surface area contributed by atoms with Crippen LogP contribution in [0.4, 0.5) is 4.39 Å². The standard InChI is InChI=1S/C19H22FNO3.C2H6/c1-3-17-15-8-7-13(20)9-16(15)18(22)10-14-6-4-5-12(11-21(14)17)19(23)24-2;1-2/h3,7-9,12,14,17H,1,4-6,10-11H2,2H3;1-2H3/t12?,14-,17?;/m0./s1. The minimum Gasteiger partial charge on any atom is -0.469 e. The van der Waals surface area contributed by atoms with Gasteiger partial charge in [-0.2, -0.15) is 0 Å². The Morgan fingerprint density at radius 3 is 2.73 bits per heavy atom. The van der Waals surface area contributed by atoms with Gasteiger partial charge in [-0.3, -0.25) is 14.5 Å². The highest BCUT2D eigenvalue weighted by atomic mass is 19.1. The number of methoxy groups -OCH3 is 1. The van der Waals surface area contributed by atoms with Crippen molar-refractivity contribution >= 4 is 11.8 Å². The Labute approximate surface area is 155 Å². The van der Waals surface area contributed by atoms with Crippen LogP contribution in [0.2, 0.25) is 0 Å². The summed E-state index contributed by atoms with van der Waals surface area (Å²) in [6.45, 7) is 8.45. The fourth-order valence-corrected chi connectivity index (χ4v) is 3.97. The summed E-state index contributed by atoms with van der Waals surface area (Å²) in [5.74, 6) is -0.872. The Kier molecular flexibility index (Phi) is 7.09. The van der Waals surface area contributed by atoms with Gasteiger partial charge in [0.1, 0.15) is 5.82 Å². The molecule has 0 amide bonds. The largest absolute Gasteiger partial charge is 0.469 e. The van der Waals surface area contributed by atoms with Gasteiger partial charge < -0.3 is 4.74 Å². The lowest BCUT2D eigenvalue weighted by Gasteiger charge is -2.34. The van der Waals surface area contributed by atoms with Crippen molar-refractivity contribution in [1.82, 2.24) is 4.90 Å². The second-order valence-electron chi connectivity index (χ2n) is 6.54. The van der Waals surface area contributed by atoms with E-state index in [4.69, 9.17) is 4.74 Å². The molecule has 1 aromatic rings.